The van der Waals surface area contributed by atoms with Crippen LogP contribution in [0.4, 0.5) is 0 Å². The van der Waals surface area contributed by atoms with E-state index in [0.717, 1.165) is 5.69 Å². The zero-order valence-corrected chi connectivity index (χ0v) is 14.2. The maximum absolute atomic E-state index is 12.3. The van der Waals surface area contributed by atoms with Crippen LogP contribution in [0, 0.1) is 5.92 Å². The molecule has 1 aromatic heterocycles. The number of nitrogens with one attached hydrogen (secondary N) is 1. The van der Waals surface area contributed by atoms with Crippen LogP contribution < -0.4 is 10.1 Å². The van der Waals surface area contributed by atoms with Crippen LogP contribution in [0.1, 0.15) is 36.3 Å². The summed E-state index contributed by atoms with van der Waals surface area (Å²) in [5.41, 5.74) is 3.10. The summed E-state index contributed by atoms with van der Waals surface area (Å²) in [5.74, 6) is 0.583. The monoisotopic (exact) mass is 334 g/mol. The molecule has 0 aliphatic carbocycles. The van der Waals surface area contributed by atoms with E-state index < -0.39 is 0 Å². The number of rotatable bonds is 8. The number of hydrogen-bond acceptors (Lipinski definition) is 5. The Morgan fingerprint density at radius 1 is 1.39 bits per heavy atom. The molecule has 0 fully saturated rings. The van der Waals surface area contributed by atoms with Gasteiger partial charge in [-0.15, -0.1) is 11.3 Å². The van der Waals surface area contributed by atoms with Gasteiger partial charge in [0, 0.05) is 11.9 Å². The molecule has 2 unspecified atom stereocenters. The third kappa shape index (κ3) is 5.65. The summed E-state index contributed by atoms with van der Waals surface area (Å²) in [7, 11) is 0. The molecule has 2 N–H and O–H groups in total. The lowest BCUT2D eigenvalue weighted by Crippen LogP contribution is -2.29. The molecule has 0 bridgehead atoms. The second kappa shape index (κ2) is 8.64. The Balaban J connectivity index is 1.94. The number of benzene rings is 1. The van der Waals surface area contributed by atoms with Crippen molar-refractivity contribution in [1.29, 1.82) is 0 Å². The predicted octanol–water partition coefficient (Wildman–Crippen LogP) is 2.86. The lowest BCUT2D eigenvalue weighted by molar-refractivity contribution is 0.0935. The van der Waals surface area contributed by atoms with E-state index in [4.69, 9.17) is 4.74 Å². The van der Waals surface area contributed by atoms with Crippen LogP contribution in [0.25, 0.3) is 0 Å². The second-order valence-corrected chi connectivity index (χ2v) is 6.38. The maximum atomic E-state index is 12.3. The van der Waals surface area contributed by atoms with Gasteiger partial charge in [-0.05, 0) is 31.4 Å². The number of ether oxygens (including phenoxy) is 1. The summed E-state index contributed by atoms with van der Waals surface area (Å²) in [5, 5.41) is 14.2. The first-order valence-electron chi connectivity index (χ1n) is 7.61. The van der Waals surface area contributed by atoms with Crippen LogP contribution in [-0.4, -0.2) is 28.6 Å². The zero-order chi connectivity index (χ0) is 16.7. The van der Waals surface area contributed by atoms with E-state index in [9.17, 15) is 9.90 Å². The van der Waals surface area contributed by atoms with Gasteiger partial charge in [0.2, 0.25) is 0 Å². The highest BCUT2D eigenvalue weighted by Crippen LogP contribution is 2.19. The molecule has 124 valence electrons. The molecular weight excluding hydrogens is 312 g/mol. The highest BCUT2D eigenvalue weighted by atomic mass is 32.1. The third-order valence-electron chi connectivity index (χ3n) is 3.35. The SMILES string of the molecule is CC(O)CC(C)CNC(=O)c1ccccc1OCc1cscn1. The normalized spacial score (nSPS) is 13.3. The minimum Gasteiger partial charge on any atom is -0.486 e. The van der Waals surface area contributed by atoms with Crippen LogP contribution in [0.5, 0.6) is 5.75 Å². The first-order chi connectivity index (χ1) is 11.1. The number of aromatic nitrogens is 1. The first kappa shape index (κ1) is 17.4. The zero-order valence-electron chi connectivity index (χ0n) is 13.4. The van der Waals surface area contributed by atoms with Gasteiger partial charge in [-0.25, -0.2) is 4.98 Å². The molecule has 2 aromatic rings. The fraction of sp³-hybridized carbons (Fsp3) is 0.412. The predicted molar refractivity (Wildman–Crippen MR) is 90.7 cm³/mol. The highest BCUT2D eigenvalue weighted by molar-refractivity contribution is 7.07. The number of carbonyl (C=O) groups excluding carboxylic acids is 1. The molecule has 0 spiro atoms. The van der Waals surface area contributed by atoms with E-state index in [-0.39, 0.29) is 17.9 Å². The van der Waals surface area contributed by atoms with Gasteiger partial charge < -0.3 is 15.2 Å². The molecule has 0 radical (unpaired) electrons. The van der Waals surface area contributed by atoms with Gasteiger partial charge in [0.1, 0.15) is 12.4 Å². The van der Waals surface area contributed by atoms with E-state index >= 15 is 0 Å². The Labute approximate surface area is 140 Å². The molecule has 0 saturated carbocycles. The van der Waals surface area contributed by atoms with E-state index in [1.54, 1.807) is 24.6 Å². The average Bonchev–Trinajstić information content (AvgIpc) is 3.03. The minimum atomic E-state index is -0.365. The lowest BCUT2D eigenvalue weighted by Gasteiger charge is -2.15. The van der Waals surface area contributed by atoms with Crippen molar-refractivity contribution in [3.05, 3.63) is 46.4 Å². The number of amides is 1. The summed E-state index contributed by atoms with van der Waals surface area (Å²) < 4.78 is 5.72. The van der Waals surface area contributed by atoms with Gasteiger partial charge in [-0.1, -0.05) is 19.1 Å². The van der Waals surface area contributed by atoms with Crippen molar-refractivity contribution in [2.75, 3.05) is 6.54 Å². The number of carbonyl (C=O) groups is 1. The Morgan fingerprint density at radius 2 is 2.17 bits per heavy atom. The van der Waals surface area contributed by atoms with Gasteiger partial charge >= 0.3 is 0 Å². The minimum absolute atomic E-state index is 0.170. The molecule has 5 nitrogen and oxygen atoms in total. The van der Waals surface area contributed by atoms with Gasteiger partial charge in [-0.3, -0.25) is 4.79 Å². The molecular formula is C17H22N2O3S. The van der Waals surface area contributed by atoms with Crippen molar-refractivity contribution in [2.24, 2.45) is 5.92 Å². The number of para-hydroxylation sites is 1. The Bertz CT molecular complexity index is 614. The maximum Gasteiger partial charge on any atom is 0.255 e. The molecule has 0 aliphatic heterocycles. The molecule has 2 rings (SSSR count). The number of hydrogen-bond donors (Lipinski definition) is 2. The Kier molecular flexibility index (Phi) is 6.55. The number of thiazole rings is 1. The molecule has 6 heteroatoms. The van der Waals surface area contributed by atoms with Crippen molar-refractivity contribution in [1.82, 2.24) is 10.3 Å². The average molecular weight is 334 g/mol. The second-order valence-electron chi connectivity index (χ2n) is 5.66. The topological polar surface area (TPSA) is 71.5 Å². The van der Waals surface area contributed by atoms with Crippen LogP contribution in [-0.2, 0) is 6.61 Å². The highest BCUT2D eigenvalue weighted by Gasteiger charge is 2.14. The standard InChI is InChI=1S/C17H22N2O3S/c1-12(7-13(2)20)8-18-17(21)15-5-3-4-6-16(15)22-9-14-10-23-11-19-14/h3-6,10-13,20H,7-9H2,1-2H3,(H,18,21). The van der Waals surface area contributed by atoms with Crippen LogP contribution >= 0.6 is 11.3 Å². The number of nitrogens with zero attached hydrogens (tertiary/aromatic N) is 1. The molecule has 1 heterocycles. The summed E-state index contributed by atoms with van der Waals surface area (Å²) >= 11 is 1.51. The molecule has 0 saturated heterocycles. The first-order valence-corrected chi connectivity index (χ1v) is 8.55. The largest absolute Gasteiger partial charge is 0.486 e. The summed E-state index contributed by atoms with van der Waals surface area (Å²) in [6.45, 7) is 4.61. The van der Waals surface area contributed by atoms with Gasteiger partial charge in [-0.2, -0.15) is 0 Å². The summed E-state index contributed by atoms with van der Waals surface area (Å²) in [4.78, 5) is 16.5. The molecule has 0 aliphatic rings. The van der Waals surface area contributed by atoms with Crippen LogP contribution in [0.15, 0.2) is 35.2 Å². The molecule has 1 aromatic carbocycles. The van der Waals surface area contributed by atoms with Crippen LogP contribution in [0.3, 0.4) is 0 Å². The van der Waals surface area contributed by atoms with Gasteiger partial charge in [0.05, 0.1) is 22.9 Å². The number of aliphatic hydroxyl groups is 1. The van der Waals surface area contributed by atoms with Gasteiger partial charge in [0.25, 0.3) is 5.91 Å². The summed E-state index contributed by atoms with van der Waals surface area (Å²) in [6, 6.07) is 7.17. The van der Waals surface area contributed by atoms with Crippen molar-refractivity contribution < 1.29 is 14.6 Å². The molecule has 2 atom stereocenters. The quantitative estimate of drug-likeness (QED) is 0.779. The van der Waals surface area contributed by atoms with E-state index in [1.165, 1.54) is 11.3 Å². The third-order valence-corrected chi connectivity index (χ3v) is 3.98. The fourth-order valence-corrected chi connectivity index (χ4v) is 2.81. The Morgan fingerprint density at radius 3 is 2.87 bits per heavy atom. The van der Waals surface area contributed by atoms with E-state index in [1.807, 2.05) is 24.4 Å². The lowest BCUT2D eigenvalue weighted by atomic mass is 10.0. The number of aliphatic hydroxyl groups excluding tert-OH is 1. The Hall–Kier alpha value is -1.92. The van der Waals surface area contributed by atoms with Crippen molar-refractivity contribution in [3.63, 3.8) is 0 Å². The van der Waals surface area contributed by atoms with Crippen molar-refractivity contribution in [3.8, 4) is 5.75 Å². The van der Waals surface area contributed by atoms with E-state index in [2.05, 4.69) is 10.3 Å². The summed E-state index contributed by atoms with van der Waals surface area (Å²) in [6.07, 6.45) is 0.290. The van der Waals surface area contributed by atoms with Gasteiger partial charge in [0.15, 0.2) is 0 Å². The van der Waals surface area contributed by atoms with E-state index in [0.29, 0.717) is 30.9 Å². The van der Waals surface area contributed by atoms with Crippen molar-refractivity contribution in [2.45, 2.75) is 33.0 Å². The molecule has 1 amide bonds. The smallest absolute Gasteiger partial charge is 0.255 e. The molecule has 23 heavy (non-hydrogen) atoms. The van der Waals surface area contributed by atoms with Crippen LogP contribution in [0.2, 0.25) is 0 Å². The van der Waals surface area contributed by atoms with Crippen molar-refractivity contribution >= 4 is 17.2 Å². The fourth-order valence-electron chi connectivity index (χ4n) is 2.27.